The molecule has 1 aliphatic heterocycles. The minimum absolute atomic E-state index is 0.00800. The Hall–Kier alpha value is -0.383. The van der Waals surface area contributed by atoms with Crippen molar-refractivity contribution in [1.82, 2.24) is 0 Å². The Morgan fingerprint density at radius 2 is 1.87 bits per heavy atom. The van der Waals surface area contributed by atoms with E-state index in [1.165, 1.54) is 19.3 Å². The summed E-state index contributed by atoms with van der Waals surface area (Å²) in [4.78, 5) is 0. The van der Waals surface area contributed by atoms with Crippen molar-refractivity contribution in [3.8, 4) is 11.8 Å². The molecule has 0 aromatic heterocycles. The van der Waals surface area contributed by atoms with Crippen molar-refractivity contribution in [2.24, 2.45) is 23.7 Å². The van der Waals surface area contributed by atoms with Crippen molar-refractivity contribution in [1.29, 1.82) is 0 Å². The van der Waals surface area contributed by atoms with E-state index in [0.29, 0.717) is 31.0 Å². The van der Waals surface area contributed by atoms with Crippen LogP contribution >= 0.6 is 0 Å². The van der Waals surface area contributed by atoms with Crippen molar-refractivity contribution in [3.63, 3.8) is 0 Å². The van der Waals surface area contributed by atoms with Crippen molar-refractivity contribution in [3.05, 3.63) is 0 Å². The molecule has 0 aromatic rings. The largest absolute Gasteiger partial charge is 0.403 e. The average Bonchev–Trinajstić information content (AvgIpc) is 3.15. The third-order valence-corrected chi connectivity index (χ3v) is 12.8. The first kappa shape index (κ1) is 25.2. The summed E-state index contributed by atoms with van der Waals surface area (Å²) in [5, 5.41) is 10.9. The first-order valence-electron chi connectivity index (χ1n) is 12.6. The van der Waals surface area contributed by atoms with Crippen LogP contribution in [0.5, 0.6) is 0 Å². The molecule has 1 N–H and O–H groups in total. The van der Waals surface area contributed by atoms with Gasteiger partial charge in [-0.25, -0.2) is 0 Å². The maximum atomic E-state index is 10.8. The van der Waals surface area contributed by atoms with Crippen LogP contribution in [0.3, 0.4) is 0 Å². The lowest BCUT2D eigenvalue weighted by Crippen LogP contribution is -2.60. The normalized spacial score (nSPS) is 32.0. The summed E-state index contributed by atoms with van der Waals surface area (Å²) in [7, 11) is -1.92. The zero-order valence-electron chi connectivity index (χ0n) is 21.0. The van der Waals surface area contributed by atoms with Gasteiger partial charge >= 0.3 is 0 Å². The molecule has 4 nitrogen and oxygen atoms in total. The molecular formula is C26H46O4Si. The van der Waals surface area contributed by atoms with E-state index in [2.05, 4.69) is 59.6 Å². The summed E-state index contributed by atoms with van der Waals surface area (Å²) in [6.45, 7) is 17.5. The smallest absolute Gasteiger partial charge is 0.193 e. The lowest BCUT2D eigenvalue weighted by atomic mass is 9.56. The molecule has 178 valence electrons. The van der Waals surface area contributed by atoms with E-state index in [-0.39, 0.29) is 29.0 Å². The molecule has 1 unspecified atom stereocenters. The quantitative estimate of drug-likeness (QED) is 0.396. The number of aliphatic hydroxyl groups excluding tert-OH is 1. The van der Waals surface area contributed by atoms with Gasteiger partial charge in [-0.15, -0.1) is 0 Å². The Morgan fingerprint density at radius 1 is 1.19 bits per heavy atom. The van der Waals surface area contributed by atoms with E-state index >= 15 is 0 Å². The molecule has 0 radical (unpaired) electrons. The molecule has 6 atom stereocenters. The molecule has 3 aliphatic rings. The van der Waals surface area contributed by atoms with Gasteiger partial charge in [0.1, 0.15) is 6.10 Å². The number of ether oxygens (including phenoxy) is 2. The van der Waals surface area contributed by atoms with Crippen molar-refractivity contribution < 1.29 is 19.0 Å². The van der Waals surface area contributed by atoms with Crippen LogP contribution in [0.25, 0.3) is 0 Å². The molecule has 5 heteroatoms. The molecule has 31 heavy (non-hydrogen) atoms. The van der Waals surface area contributed by atoms with E-state index in [0.717, 1.165) is 25.7 Å². The number of aliphatic hydroxyl groups is 1. The van der Waals surface area contributed by atoms with E-state index in [9.17, 15) is 5.11 Å². The maximum absolute atomic E-state index is 10.8. The highest BCUT2D eigenvalue weighted by atomic mass is 28.4. The van der Waals surface area contributed by atoms with Crippen LogP contribution in [0, 0.1) is 35.5 Å². The third kappa shape index (κ3) is 5.58. The lowest BCUT2D eigenvalue weighted by molar-refractivity contribution is -0.296. The third-order valence-electron chi connectivity index (χ3n) is 8.35. The second kappa shape index (κ2) is 9.85. The monoisotopic (exact) mass is 450 g/mol. The van der Waals surface area contributed by atoms with E-state index < -0.39 is 8.32 Å². The first-order valence-corrected chi connectivity index (χ1v) is 15.5. The zero-order chi connectivity index (χ0) is 22.9. The van der Waals surface area contributed by atoms with Crippen LogP contribution in [0.2, 0.25) is 18.1 Å². The summed E-state index contributed by atoms with van der Waals surface area (Å²) in [6.07, 6.45) is 6.93. The fourth-order valence-corrected chi connectivity index (χ4v) is 6.53. The molecule has 1 spiro atoms. The van der Waals surface area contributed by atoms with E-state index in [1.807, 2.05) is 0 Å². The van der Waals surface area contributed by atoms with Gasteiger partial charge in [0.25, 0.3) is 0 Å². The highest BCUT2D eigenvalue weighted by Gasteiger charge is 2.62. The number of hydrogen-bond donors (Lipinski definition) is 1. The van der Waals surface area contributed by atoms with Crippen molar-refractivity contribution >= 4 is 8.32 Å². The molecular weight excluding hydrogens is 404 g/mol. The average molecular weight is 451 g/mol. The second-order valence-electron chi connectivity index (χ2n) is 11.8. The molecule has 0 amide bonds. The molecule has 1 saturated heterocycles. The predicted octanol–water partition coefficient (Wildman–Crippen LogP) is 5.75. The topological polar surface area (TPSA) is 47.9 Å². The predicted molar refractivity (Wildman–Crippen MR) is 128 cm³/mol. The maximum Gasteiger partial charge on any atom is 0.193 e. The Balaban J connectivity index is 1.73. The Bertz CT molecular complexity index is 653. The number of rotatable bonds is 7. The summed E-state index contributed by atoms with van der Waals surface area (Å²) < 4.78 is 18.7. The van der Waals surface area contributed by atoms with Crippen LogP contribution in [0.1, 0.15) is 79.6 Å². The van der Waals surface area contributed by atoms with Crippen LogP contribution in [0.15, 0.2) is 0 Å². The van der Waals surface area contributed by atoms with Crippen molar-refractivity contribution in [2.45, 2.75) is 116 Å². The SMILES string of the molecule is CCCCC(C)C[C@@H](C#C[C@@H]1[C@H]2CC3(OCCO3)[C@H]2CC[C@H]1O)O[Si](C)(C)C(C)(C)C. The van der Waals surface area contributed by atoms with Gasteiger partial charge in [0, 0.05) is 18.3 Å². The molecule has 2 aliphatic carbocycles. The molecule has 1 heterocycles. The second-order valence-corrected chi connectivity index (χ2v) is 16.5. The molecule has 2 saturated carbocycles. The Kier molecular flexibility index (Phi) is 8.02. The van der Waals surface area contributed by atoms with E-state index in [4.69, 9.17) is 13.9 Å². The highest BCUT2D eigenvalue weighted by molar-refractivity contribution is 6.74. The van der Waals surface area contributed by atoms with Gasteiger partial charge < -0.3 is 19.0 Å². The van der Waals surface area contributed by atoms with Crippen LogP contribution in [-0.4, -0.2) is 44.6 Å². The first-order chi connectivity index (χ1) is 14.5. The fourth-order valence-electron chi connectivity index (χ4n) is 5.31. The van der Waals surface area contributed by atoms with Gasteiger partial charge in [-0.05, 0) is 49.2 Å². The number of hydrogen-bond acceptors (Lipinski definition) is 4. The summed E-state index contributed by atoms with van der Waals surface area (Å²) >= 11 is 0. The van der Waals surface area contributed by atoms with Gasteiger partial charge in [0.2, 0.25) is 0 Å². The molecule has 0 aromatic carbocycles. The van der Waals surface area contributed by atoms with Gasteiger partial charge in [-0.2, -0.15) is 0 Å². The van der Waals surface area contributed by atoms with Gasteiger partial charge in [0.15, 0.2) is 14.1 Å². The Labute approximate surface area is 191 Å². The minimum Gasteiger partial charge on any atom is -0.403 e. The standard InChI is InChI=1S/C26H46O4Si/c1-8-9-10-19(2)17-20(30-31(6,7)25(3,4)5)11-12-21-22-18-26(28-15-16-29-26)23(22)13-14-24(21)27/h19-24,27H,8-10,13-18H2,1-7H3/t19?,20-,21-,22-,23+,24-/m1/s1. The number of unbranched alkanes of at least 4 members (excludes halogenated alkanes) is 1. The van der Waals surface area contributed by atoms with Crippen LogP contribution in [0.4, 0.5) is 0 Å². The molecule has 3 fully saturated rings. The number of fused-ring (bicyclic) bond motifs is 2. The molecule has 0 bridgehead atoms. The summed E-state index contributed by atoms with van der Waals surface area (Å²) in [6, 6.07) is 0. The van der Waals surface area contributed by atoms with Crippen LogP contribution in [-0.2, 0) is 13.9 Å². The van der Waals surface area contributed by atoms with Crippen LogP contribution < -0.4 is 0 Å². The highest BCUT2D eigenvalue weighted by Crippen LogP contribution is 2.57. The summed E-state index contributed by atoms with van der Waals surface area (Å²) in [5.41, 5.74) is 0. The van der Waals surface area contributed by atoms with Crippen molar-refractivity contribution in [2.75, 3.05) is 13.2 Å². The Morgan fingerprint density at radius 3 is 2.48 bits per heavy atom. The van der Waals surface area contributed by atoms with Gasteiger partial charge in [-0.3, -0.25) is 0 Å². The van der Waals surface area contributed by atoms with Gasteiger partial charge in [-0.1, -0.05) is 65.7 Å². The molecule has 3 rings (SSSR count). The van der Waals surface area contributed by atoms with Gasteiger partial charge in [0.05, 0.1) is 19.3 Å². The zero-order valence-corrected chi connectivity index (χ0v) is 22.0. The minimum atomic E-state index is -1.92. The van der Waals surface area contributed by atoms with E-state index in [1.54, 1.807) is 0 Å². The fraction of sp³-hybridized carbons (Fsp3) is 0.923. The lowest BCUT2D eigenvalue weighted by Gasteiger charge is -2.56. The summed E-state index contributed by atoms with van der Waals surface area (Å²) in [5.74, 6) is 8.05.